The second-order valence-corrected chi connectivity index (χ2v) is 8.26. The predicted molar refractivity (Wildman–Crippen MR) is 124 cm³/mol. The second-order valence-electron chi connectivity index (χ2n) is 7.31. The molecule has 0 bridgehead atoms. The number of nitrogens with one attached hydrogen (secondary N) is 1. The van der Waals surface area contributed by atoms with Crippen LogP contribution in [0.2, 0.25) is 0 Å². The third-order valence-corrected chi connectivity index (χ3v) is 6.16. The first-order valence-corrected chi connectivity index (χ1v) is 10.6. The fourth-order valence-corrected chi connectivity index (χ4v) is 4.58. The van der Waals surface area contributed by atoms with Crippen LogP contribution in [-0.4, -0.2) is 36.5 Å². The van der Waals surface area contributed by atoms with Crippen LogP contribution in [0.1, 0.15) is 22.5 Å². The van der Waals surface area contributed by atoms with Gasteiger partial charge < -0.3 is 4.57 Å². The van der Waals surface area contributed by atoms with Gasteiger partial charge in [-0.2, -0.15) is 15.1 Å². The minimum absolute atomic E-state index is 0.0399. The molecule has 0 radical (unpaired) electrons. The van der Waals surface area contributed by atoms with E-state index in [-0.39, 0.29) is 17.2 Å². The van der Waals surface area contributed by atoms with Gasteiger partial charge in [-0.25, -0.2) is 4.39 Å². The zero-order chi connectivity index (χ0) is 22.4. The van der Waals surface area contributed by atoms with Gasteiger partial charge in [-0.1, -0.05) is 6.07 Å². The van der Waals surface area contributed by atoms with Gasteiger partial charge in [0.1, 0.15) is 10.9 Å². The summed E-state index contributed by atoms with van der Waals surface area (Å²) in [6.07, 6.45) is 4.99. The Hall–Kier alpha value is -3.85. The fraction of sp³-hybridized carbons (Fsp3) is 0.0870. The number of amidine groups is 2. The maximum Gasteiger partial charge on any atom is 0.283 e. The number of thioether (sulfide) groups is 1. The Balaban J connectivity index is 1.52. The van der Waals surface area contributed by atoms with Gasteiger partial charge in [-0.3, -0.25) is 15.2 Å². The number of nitrogens with zero attached hydrogens (tertiary/aromatic N) is 5. The number of hydrogen-bond acceptors (Lipinski definition) is 5. The van der Waals surface area contributed by atoms with Crippen molar-refractivity contribution in [3.8, 4) is 5.69 Å². The third-order valence-electron chi connectivity index (χ3n) is 5.20. The van der Waals surface area contributed by atoms with Crippen LogP contribution >= 0.6 is 11.8 Å². The Morgan fingerprint density at radius 3 is 2.75 bits per heavy atom. The van der Waals surface area contributed by atoms with Crippen LogP contribution in [0.5, 0.6) is 0 Å². The van der Waals surface area contributed by atoms with Crippen molar-refractivity contribution in [2.45, 2.75) is 13.8 Å². The number of carbonyl (C=O) groups excluding carboxylic acids is 1. The van der Waals surface area contributed by atoms with E-state index in [4.69, 9.17) is 5.41 Å². The summed E-state index contributed by atoms with van der Waals surface area (Å²) in [4.78, 5) is 21.0. The molecule has 5 rings (SSSR count). The molecule has 158 valence electrons. The van der Waals surface area contributed by atoms with Gasteiger partial charge in [-0.05, 0) is 73.6 Å². The van der Waals surface area contributed by atoms with E-state index in [1.54, 1.807) is 30.6 Å². The van der Waals surface area contributed by atoms with E-state index in [2.05, 4.69) is 15.1 Å². The first kappa shape index (κ1) is 20.1. The second kappa shape index (κ2) is 7.69. The number of aliphatic imine (C=N–C) groups is 1. The fourth-order valence-electron chi connectivity index (χ4n) is 3.70. The number of carbonyl (C=O) groups is 1. The van der Waals surface area contributed by atoms with Crippen LogP contribution in [0.3, 0.4) is 0 Å². The number of fused-ring (bicyclic) bond motifs is 1. The molecule has 0 atom stereocenters. The summed E-state index contributed by atoms with van der Waals surface area (Å²) in [5.74, 6) is -0.858. The van der Waals surface area contributed by atoms with Gasteiger partial charge in [0.05, 0.1) is 5.57 Å². The molecular formula is C23H17FN6OS. The lowest BCUT2D eigenvalue weighted by atomic mass is 10.1. The molecule has 2 aliphatic rings. The van der Waals surface area contributed by atoms with Crippen LogP contribution in [0.4, 0.5) is 4.39 Å². The van der Waals surface area contributed by atoms with Crippen molar-refractivity contribution >= 4 is 39.8 Å². The molecule has 0 fully saturated rings. The average molecular weight is 444 g/mol. The van der Waals surface area contributed by atoms with Gasteiger partial charge in [0.25, 0.3) is 5.91 Å². The van der Waals surface area contributed by atoms with Gasteiger partial charge in [-0.15, -0.1) is 0 Å². The largest absolute Gasteiger partial charge is 0.318 e. The first-order valence-electron chi connectivity index (χ1n) is 9.78. The molecule has 3 aromatic rings. The van der Waals surface area contributed by atoms with E-state index in [1.807, 2.05) is 36.6 Å². The van der Waals surface area contributed by atoms with Crippen molar-refractivity contribution in [2.24, 2.45) is 10.1 Å². The molecule has 32 heavy (non-hydrogen) atoms. The molecule has 9 heteroatoms. The zero-order valence-corrected chi connectivity index (χ0v) is 18.0. The number of halogens is 1. The molecule has 0 aliphatic carbocycles. The van der Waals surface area contributed by atoms with Gasteiger partial charge >= 0.3 is 0 Å². The molecule has 0 spiro atoms. The van der Waals surface area contributed by atoms with E-state index in [9.17, 15) is 9.18 Å². The van der Waals surface area contributed by atoms with Crippen molar-refractivity contribution in [3.63, 3.8) is 0 Å². The highest BCUT2D eigenvalue weighted by atomic mass is 32.2. The van der Waals surface area contributed by atoms with E-state index in [1.165, 1.54) is 28.9 Å². The summed E-state index contributed by atoms with van der Waals surface area (Å²) >= 11 is 1.23. The number of pyridine rings is 1. The van der Waals surface area contributed by atoms with Gasteiger partial charge in [0.2, 0.25) is 5.17 Å². The van der Waals surface area contributed by atoms with Crippen LogP contribution in [0, 0.1) is 25.1 Å². The molecule has 0 unspecified atom stereocenters. The first-order chi connectivity index (χ1) is 15.4. The van der Waals surface area contributed by atoms with Crippen LogP contribution < -0.4 is 0 Å². The summed E-state index contributed by atoms with van der Waals surface area (Å²) in [5.41, 5.74) is 4.08. The lowest BCUT2D eigenvalue weighted by Gasteiger charge is -2.20. The number of aryl methyl sites for hydroxylation is 1. The summed E-state index contributed by atoms with van der Waals surface area (Å²) < 4.78 is 15.6. The van der Waals surface area contributed by atoms with Crippen molar-refractivity contribution in [1.82, 2.24) is 14.6 Å². The van der Waals surface area contributed by atoms with E-state index >= 15 is 0 Å². The highest BCUT2D eigenvalue weighted by Crippen LogP contribution is 2.31. The standard InChI is InChI=1S/C23H17FN6OS/c1-13-9-16(14(2)29(13)18-7-3-6-17(24)11-18)10-19-20(25)30-23(27-21(19)31)32-22(28-30)15-5-4-8-26-12-15/h3-12,25H,1-2H3. The molecule has 2 aliphatic heterocycles. The monoisotopic (exact) mass is 444 g/mol. The van der Waals surface area contributed by atoms with Crippen LogP contribution in [0.15, 0.2) is 70.5 Å². The van der Waals surface area contributed by atoms with Gasteiger partial charge in [0, 0.05) is 35.0 Å². The minimum atomic E-state index is -0.494. The number of hydrogen-bond donors (Lipinski definition) is 1. The summed E-state index contributed by atoms with van der Waals surface area (Å²) in [5, 5.41) is 15.4. The van der Waals surface area contributed by atoms with Crippen molar-refractivity contribution in [2.75, 3.05) is 0 Å². The zero-order valence-electron chi connectivity index (χ0n) is 17.2. The van der Waals surface area contributed by atoms with Crippen LogP contribution in [-0.2, 0) is 4.79 Å². The Bertz CT molecular complexity index is 1370. The molecule has 0 saturated carbocycles. The number of amides is 1. The number of benzene rings is 1. The lowest BCUT2D eigenvalue weighted by Crippen LogP contribution is -2.35. The highest BCUT2D eigenvalue weighted by Gasteiger charge is 2.36. The molecule has 1 amide bonds. The molecule has 0 saturated heterocycles. The number of rotatable bonds is 3. The molecule has 2 aromatic heterocycles. The van der Waals surface area contributed by atoms with E-state index < -0.39 is 5.91 Å². The van der Waals surface area contributed by atoms with E-state index in [0.717, 1.165) is 22.5 Å². The van der Waals surface area contributed by atoms with Gasteiger partial charge in [0.15, 0.2) is 5.84 Å². The lowest BCUT2D eigenvalue weighted by molar-refractivity contribution is -0.114. The Labute approximate surface area is 187 Å². The van der Waals surface area contributed by atoms with Crippen molar-refractivity contribution in [3.05, 3.63) is 88.8 Å². The summed E-state index contributed by atoms with van der Waals surface area (Å²) in [6.45, 7) is 3.80. The molecular weight excluding hydrogens is 427 g/mol. The van der Waals surface area contributed by atoms with E-state index in [0.29, 0.717) is 15.9 Å². The molecule has 1 aromatic carbocycles. The molecule has 1 N–H and O–H groups in total. The SMILES string of the molecule is Cc1cc(C=C2C(=N)N3N=C(c4cccnc4)SC3=NC2=O)c(C)n1-c1cccc(F)c1. The predicted octanol–water partition coefficient (Wildman–Crippen LogP) is 4.30. The topological polar surface area (TPSA) is 86.7 Å². The highest BCUT2D eigenvalue weighted by molar-refractivity contribution is 8.27. The quantitative estimate of drug-likeness (QED) is 0.611. The summed E-state index contributed by atoms with van der Waals surface area (Å²) in [6, 6.07) is 11.9. The summed E-state index contributed by atoms with van der Waals surface area (Å²) in [7, 11) is 0. The van der Waals surface area contributed by atoms with Crippen LogP contribution in [0.25, 0.3) is 11.8 Å². The Morgan fingerprint density at radius 2 is 2.00 bits per heavy atom. The van der Waals surface area contributed by atoms with Crippen molar-refractivity contribution in [1.29, 1.82) is 5.41 Å². The Morgan fingerprint density at radius 1 is 1.16 bits per heavy atom. The maximum absolute atomic E-state index is 13.7. The number of aromatic nitrogens is 2. The number of hydrazone groups is 1. The normalized spacial score (nSPS) is 17.0. The smallest absolute Gasteiger partial charge is 0.283 e. The third kappa shape index (κ3) is 3.36. The molecule has 7 nitrogen and oxygen atoms in total. The van der Waals surface area contributed by atoms with Crippen molar-refractivity contribution < 1.29 is 9.18 Å². The maximum atomic E-state index is 13.7. The minimum Gasteiger partial charge on any atom is -0.318 e. The average Bonchev–Trinajstić information content (AvgIpc) is 3.32. The Kier molecular flexibility index (Phi) is 4.82. The molecule has 4 heterocycles.